The molecule has 0 aromatic heterocycles. The standard InChI is InChI=1S/C18H26N2O2S.ClH/c19-14-18(7-10-22-11-8-18)17(21)20-9-6-15(12-20)13-23-16-4-2-1-3-5-16;/h1-5,15H,6-14,19H2;1H. The van der Waals surface area contributed by atoms with Crippen LogP contribution in [0.3, 0.4) is 0 Å². The van der Waals surface area contributed by atoms with E-state index in [1.807, 2.05) is 17.8 Å². The molecule has 0 spiro atoms. The van der Waals surface area contributed by atoms with Crippen LogP contribution in [0.5, 0.6) is 0 Å². The van der Waals surface area contributed by atoms with Gasteiger partial charge in [0.15, 0.2) is 0 Å². The zero-order chi connectivity index (χ0) is 16.1. The zero-order valence-electron chi connectivity index (χ0n) is 14.0. The molecule has 4 nitrogen and oxygen atoms in total. The Balaban J connectivity index is 0.00000208. The molecule has 0 aliphatic carbocycles. The fraction of sp³-hybridized carbons (Fsp3) is 0.611. The summed E-state index contributed by atoms with van der Waals surface area (Å²) in [6, 6.07) is 10.5. The van der Waals surface area contributed by atoms with E-state index < -0.39 is 0 Å². The van der Waals surface area contributed by atoms with Gasteiger partial charge in [0.2, 0.25) is 5.91 Å². The highest BCUT2D eigenvalue weighted by atomic mass is 35.5. The first-order chi connectivity index (χ1) is 11.2. The lowest BCUT2D eigenvalue weighted by atomic mass is 9.79. The van der Waals surface area contributed by atoms with Crippen LogP contribution >= 0.6 is 24.2 Å². The van der Waals surface area contributed by atoms with Crippen molar-refractivity contribution < 1.29 is 9.53 Å². The maximum absolute atomic E-state index is 13.0. The van der Waals surface area contributed by atoms with Gasteiger partial charge in [0.25, 0.3) is 0 Å². The monoisotopic (exact) mass is 370 g/mol. The third-order valence-corrected chi connectivity index (χ3v) is 6.34. The second kappa shape index (κ2) is 9.09. The quantitative estimate of drug-likeness (QED) is 0.810. The van der Waals surface area contributed by atoms with Gasteiger partial charge in [-0.15, -0.1) is 24.2 Å². The molecule has 1 amide bonds. The van der Waals surface area contributed by atoms with Crippen molar-refractivity contribution in [1.82, 2.24) is 4.90 Å². The van der Waals surface area contributed by atoms with Crippen molar-refractivity contribution in [3.8, 4) is 0 Å². The van der Waals surface area contributed by atoms with E-state index in [0.717, 1.165) is 38.1 Å². The predicted molar refractivity (Wildman–Crippen MR) is 101 cm³/mol. The number of carbonyl (C=O) groups is 1. The first kappa shape index (κ1) is 19.6. The highest BCUT2D eigenvalue weighted by Gasteiger charge is 2.43. The van der Waals surface area contributed by atoms with Crippen LogP contribution < -0.4 is 5.73 Å². The fourth-order valence-corrected chi connectivity index (χ4v) is 4.54. The van der Waals surface area contributed by atoms with Gasteiger partial charge in [-0.05, 0) is 37.3 Å². The molecule has 2 N–H and O–H groups in total. The normalized spacial score (nSPS) is 22.9. The average Bonchev–Trinajstić information content (AvgIpc) is 3.09. The molecule has 1 aromatic rings. The number of carbonyl (C=O) groups excluding carboxylic acids is 1. The molecule has 1 unspecified atom stereocenters. The number of nitrogens with two attached hydrogens (primary N) is 1. The third-order valence-electron chi connectivity index (χ3n) is 5.10. The maximum Gasteiger partial charge on any atom is 0.230 e. The number of likely N-dealkylation sites (tertiary alicyclic amines) is 1. The summed E-state index contributed by atoms with van der Waals surface area (Å²) in [5.41, 5.74) is 5.59. The Bertz CT molecular complexity index is 523. The SMILES string of the molecule is Cl.NCC1(C(=O)N2CCC(CSc3ccccc3)C2)CCOCC1. The van der Waals surface area contributed by atoms with Crippen molar-refractivity contribution in [2.45, 2.75) is 24.2 Å². The molecule has 2 aliphatic rings. The Morgan fingerprint density at radius 3 is 2.67 bits per heavy atom. The average molecular weight is 371 g/mol. The highest BCUT2D eigenvalue weighted by molar-refractivity contribution is 7.99. The lowest BCUT2D eigenvalue weighted by Crippen LogP contribution is -2.50. The van der Waals surface area contributed by atoms with Gasteiger partial charge in [-0.3, -0.25) is 4.79 Å². The maximum atomic E-state index is 13.0. The van der Waals surface area contributed by atoms with Gasteiger partial charge in [0.05, 0.1) is 5.41 Å². The fourth-order valence-electron chi connectivity index (χ4n) is 3.49. The zero-order valence-corrected chi connectivity index (χ0v) is 15.6. The number of nitrogens with zero attached hydrogens (tertiary/aromatic N) is 1. The molecular weight excluding hydrogens is 344 g/mol. The van der Waals surface area contributed by atoms with Gasteiger partial charge >= 0.3 is 0 Å². The van der Waals surface area contributed by atoms with E-state index >= 15 is 0 Å². The van der Waals surface area contributed by atoms with E-state index in [1.165, 1.54) is 4.90 Å². The van der Waals surface area contributed by atoms with Crippen LogP contribution in [0, 0.1) is 11.3 Å². The van der Waals surface area contributed by atoms with Crippen molar-refractivity contribution in [3.05, 3.63) is 30.3 Å². The van der Waals surface area contributed by atoms with E-state index in [1.54, 1.807) is 0 Å². The van der Waals surface area contributed by atoms with Crippen LogP contribution in [0.25, 0.3) is 0 Å². The Kier molecular flexibility index (Phi) is 7.41. The highest BCUT2D eigenvalue weighted by Crippen LogP contribution is 2.34. The molecule has 6 heteroatoms. The van der Waals surface area contributed by atoms with E-state index in [9.17, 15) is 4.79 Å². The minimum absolute atomic E-state index is 0. The van der Waals surface area contributed by atoms with Crippen molar-refractivity contribution in [3.63, 3.8) is 0 Å². The van der Waals surface area contributed by atoms with E-state index in [2.05, 4.69) is 29.2 Å². The summed E-state index contributed by atoms with van der Waals surface area (Å²) >= 11 is 1.89. The third kappa shape index (κ3) is 4.45. The minimum atomic E-state index is -0.375. The molecule has 1 aromatic carbocycles. The molecule has 2 fully saturated rings. The first-order valence-electron chi connectivity index (χ1n) is 8.48. The lowest BCUT2D eigenvalue weighted by Gasteiger charge is -2.37. The number of ether oxygens (including phenoxy) is 1. The second-order valence-electron chi connectivity index (χ2n) is 6.63. The summed E-state index contributed by atoms with van der Waals surface area (Å²) in [5.74, 6) is 1.92. The molecule has 134 valence electrons. The number of hydrogen-bond donors (Lipinski definition) is 1. The number of rotatable bonds is 5. The summed E-state index contributed by atoms with van der Waals surface area (Å²) in [6.45, 7) is 3.51. The van der Waals surface area contributed by atoms with Crippen LogP contribution in [-0.2, 0) is 9.53 Å². The van der Waals surface area contributed by atoms with Crippen molar-refractivity contribution in [1.29, 1.82) is 0 Å². The predicted octanol–water partition coefficient (Wildman–Crippen LogP) is 2.80. The van der Waals surface area contributed by atoms with Crippen LogP contribution in [0.15, 0.2) is 35.2 Å². The van der Waals surface area contributed by atoms with Crippen molar-refractivity contribution >= 4 is 30.1 Å². The van der Waals surface area contributed by atoms with Crippen molar-refractivity contribution in [2.75, 3.05) is 38.6 Å². The van der Waals surface area contributed by atoms with Gasteiger partial charge in [0.1, 0.15) is 0 Å². The number of hydrogen-bond acceptors (Lipinski definition) is 4. The Morgan fingerprint density at radius 2 is 2.00 bits per heavy atom. The smallest absolute Gasteiger partial charge is 0.230 e. The van der Waals surface area contributed by atoms with E-state index in [0.29, 0.717) is 25.7 Å². The van der Waals surface area contributed by atoms with E-state index in [4.69, 9.17) is 10.5 Å². The first-order valence-corrected chi connectivity index (χ1v) is 9.47. The molecule has 2 heterocycles. The van der Waals surface area contributed by atoms with Gasteiger partial charge in [-0.2, -0.15) is 0 Å². The molecule has 1 atom stereocenters. The molecule has 3 rings (SSSR count). The van der Waals surface area contributed by atoms with Crippen LogP contribution in [-0.4, -0.2) is 49.4 Å². The van der Waals surface area contributed by atoms with Crippen molar-refractivity contribution in [2.24, 2.45) is 17.1 Å². The van der Waals surface area contributed by atoms with E-state index in [-0.39, 0.29) is 23.7 Å². The Labute approximate surface area is 154 Å². The van der Waals surface area contributed by atoms with Gasteiger partial charge < -0.3 is 15.4 Å². The Hall–Kier alpha value is -0.750. The van der Waals surface area contributed by atoms with Crippen LogP contribution in [0.1, 0.15) is 19.3 Å². The number of halogens is 1. The molecule has 24 heavy (non-hydrogen) atoms. The summed E-state index contributed by atoms with van der Waals surface area (Å²) < 4.78 is 5.42. The molecule has 0 bridgehead atoms. The van der Waals surface area contributed by atoms with Crippen LogP contribution in [0.4, 0.5) is 0 Å². The largest absolute Gasteiger partial charge is 0.381 e. The summed E-state index contributed by atoms with van der Waals surface area (Å²) in [7, 11) is 0. The summed E-state index contributed by atoms with van der Waals surface area (Å²) in [6.07, 6.45) is 2.63. The molecular formula is C18H27ClN2O2S. The summed E-state index contributed by atoms with van der Waals surface area (Å²) in [4.78, 5) is 16.3. The van der Waals surface area contributed by atoms with Gasteiger partial charge in [-0.1, -0.05) is 18.2 Å². The molecule has 2 saturated heterocycles. The summed E-state index contributed by atoms with van der Waals surface area (Å²) in [5, 5.41) is 0. The van der Waals surface area contributed by atoms with Gasteiger partial charge in [-0.25, -0.2) is 0 Å². The molecule has 2 aliphatic heterocycles. The lowest BCUT2D eigenvalue weighted by molar-refractivity contribution is -0.146. The van der Waals surface area contributed by atoms with Crippen LogP contribution in [0.2, 0.25) is 0 Å². The number of amides is 1. The second-order valence-corrected chi connectivity index (χ2v) is 7.72. The molecule has 0 radical (unpaired) electrons. The minimum Gasteiger partial charge on any atom is -0.381 e. The Morgan fingerprint density at radius 1 is 1.29 bits per heavy atom. The number of thioether (sulfide) groups is 1. The number of benzene rings is 1. The van der Waals surface area contributed by atoms with Gasteiger partial charge in [0, 0.05) is 43.5 Å². The molecule has 0 saturated carbocycles. The topological polar surface area (TPSA) is 55.6 Å².